The fourth-order valence-corrected chi connectivity index (χ4v) is 4.41. The van der Waals surface area contributed by atoms with Crippen LogP contribution in [0.1, 0.15) is 15.9 Å². The SMILES string of the molecule is O=Cc1ccc(Oc2ccc(NS(=O)(=O)Cc3ccccc3)cc2)c2ccccc12. The lowest BCUT2D eigenvalue weighted by atomic mass is 10.0. The van der Waals surface area contributed by atoms with E-state index in [2.05, 4.69) is 4.72 Å². The average molecular weight is 417 g/mol. The van der Waals surface area contributed by atoms with E-state index >= 15 is 0 Å². The molecule has 6 heteroatoms. The van der Waals surface area contributed by atoms with Crippen LogP contribution in [0, 0.1) is 0 Å². The fourth-order valence-electron chi connectivity index (χ4n) is 3.21. The van der Waals surface area contributed by atoms with Crippen LogP contribution in [0.15, 0.2) is 91.0 Å². The number of carbonyl (C=O) groups excluding carboxylic acids is 1. The number of rotatable bonds is 7. The van der Waals surface area contributed by atoms with E-state index in [9.17, 15) is 13.2 Å². The molecule has 30 heavy (non-hydrogen) atoms. The van der Waals surface area contributed by atoms with Crippen LogP contribution in [-0.2, 0) is 15.8 Å². The summed E-state index contributed by atoms with van der Waals surface area (Å²) in [7, 11) is -3.52. The van der Waals surface area contributed by atoms with Gasteiger partial charge in [0.1, 0.15) is 11.5 Å². The Hall–Kier alpha value is -3.64. The zero-order chi connectivity index (χ0) is 21.0. The highest BCUT2D eigenvalue weighted by molar-refractivity contribution is 7.91. The van der Waals surface area contributed by atoms with E-state index in [1.165, 1.54) is 0 Å². The molecule has 0 aliphatic rings. The van der Waals surface area contributed by atoms with Crippen LogP contribution in [0.2, 0.25) is 0 Å². The van der Waals surface area contributed by atoms with Gasteiger partial charge in [-0.3, -0.25) is 9.52 Å². The fraction of sp³-hybridized carbons (Fsp3) is 0.0417. The van der Waals surface area contributed by atoms with Crippen molar-refractivity contribution in [3.63, 3.8) is 0 Å². The minimum atomic E-state index is -3.52. The molecule has 0 atom stereocenters. The monoisotopic (exact) mass is 417 g/mol. The summed E-state index contributed by atoms with van der Waals surface area (Å²) in [5.74, 6) is 1.08. The number of carbonyl (C=O) groups is 1. The summed E-state index contributed by atoms with van der Waals surface area (Å²) in [4.78, 5) is 11.3. The summed E-state index contributed by atoms with van der Waals surface area (Å²) in [6.07, 6.45) is 0.822. The molecule has 0 saturated carbocycles. The van der Waals surface area contributed by atoms with Gasteiger partial charge in [0.05, 0.1) is 5.75 Å². The van der Waals surface area contributed by atoms with E-state index in [1.54, 1.807) is 48.5 Å². The Morgan fingerprint density at radius 2 is 1.43 bits per heavy atom. The lowest BCUT2D eigenvalue weighted by Gasteiger charge is -2.12. The standard InChI is InChI=1S/C24H19NO4S/c26-16-19-10-15-24(23-9-5-4-8-22(19)23)29-21-13-11-20(12-14-21)25-30(27,28)17-18-6-2-1-3-7-18/h1-16,25H,17H2. The minimum absolute atomic E-state index is 0.0961. The molecule has 0 bridgehead atoms. The summed E-state index contributed by atoms with van der Waals surface area (Å²) in [5.41, 5.74) is 1.77. The van der Waals surface area contributed by atoms with E-state index in [-0.39, 0.29) is 5.75 Å². The van der Waals surface area contributed by atoms with Crippen molar-refractivity contribution in [2.45, 2.75) is 5.75 Å². The van der Waals surface area contributed by atoms with Gasteiger partial charge >= 0.3 is 0 Å². The molecule has 0 amide bonds. The Morgan fingerprint density at radius 1 is 0.767 bits per heavy atom. The molecule has 4 aromatic rings. The van der Waals surface area contributed by atoms with Crippen LogP contribution in [0.3, 0.4) is 0 Å². The van der Waals surface area contributed by atoms with E-state index in [1.807, 2.05) is 42.5 Å². The van der Waals surface area contributed by atoms with Gasteiger partial charge < -0.3 is 4.74 Å². The summed E-state index contributed by atoms with van der Waals surface area (Å²) in [5, 5.41) is 1.64. The van der Waals surface area contributed by atoms with Gasteiger partial charge in [-0.1, -0.05) is 54.6 Å². The van der Waals surface area contributed by atoms with Crippen LogP contribution in [-0.4, -0.2) is 14.7 Å². The number of nitrogens with one attached hydrogen (secondary N) is 1. The Labute approximate surface area is 175 Å². The molecule has 0 aliphatic heterocycles. The maximum atomic E-state index is 12.4. The molecule has 5 nitrogen and oxygen atoms in total. The van der Waals surface area contributed by atoms with Crippen LogP contribution in [0.5, 0.6) is 11.5 Å². The highest BCUT2D eigenvalue weighted by atomic mass is 32.2. The van der Waals surface area contributed by atoms with E-state index < -0.39 is 10.0 Å². The number of ether oxygens (including phenoxy) is 1. The van der Waals surface area contributed by atoms with Crippen molar-refractivity contribution >= 4 is 32.8 Å². The van der Waals surface area contributed by atoms with Gasteiger partial charge in [0.25, 0.3) is 0 Å². The quantitative estimate of drug-likeness (QED) is 0.410. The van der Waals surface area contributed by atoms with Crippen molar-refractivity contribution in [2.24, 2.45) is 0 Å². The lowest BCUT2D eigenvalue weighted by Crippen LogP contribution is -2.14. The minimum Gasteiger partial charge on any atom is -0.457 e. The van der Waals surface area contributed by atoms with Crippen LogP contribution >= 0.6 is 0 Å². The molecule has 0 fully saturated rings. The number of hydrogen-bond acceptors (Lipinski definition) is 4. The van der Waals surface area contributed by atoms with Gasteiger partial charge in [0.15, 0.2) is 6.29 Å². The number of anilines is 1. The Morgan fingerprint density at radius 3 is 2.13 bits per heavy atom. The zero-order valence-electron chi connectivity index (χ0n) is 16.0. The maximum Gasteiger partial charge on any atom is 0.236 e. The number of fused-ring (bicyclic) bond motifs is 1. The van der Waals surface area contributed by atoms with Crippen molar-refractivity contribution in [1.82, 2.24) is 0 Å². The summed E-state index contributed by atoms with van der Waals surface area (Å²) < 4.78 is 33.3. The normalized spacial score (nSPS) is 11.2. The first-order chi connectivity index (χ1) is 14.5. The van der Waals surface area contributed by atoms with Crippen molar-refractivity contribution in [1.29, 1.82) is 0 Å². The van der Waals surface area contributed by atoms with Gasteiger partial charge in [-0.2, -0.15) is 0 Å². The molecular formula is C24H19NO4S. The first-order valence-electron chi connectivity index (χ1n) is 9.33. The van der Waals surface area contributed by atoms with Crippen molar-refractivity contribution in [3.05, 3.63) is 102 Å². The number of sulfonamides is 1. The molecule has 4 aromatic carbocycles. The van der Waals surface area contributed by atoms with E-state index in [4.69, 9.17) is 4.74 Å². The third kappa shape index (κ3) is 4.50. The molecule has 150 valence electrons. The molecule has 0 saturated heterocycles. The lowest BCUT2D eigenvalue weighted by molar-refractivity contribution is 0.112. The van der Waals surface area contributed by atoms with E-state index in [0.29, 0.717) is 22.7 Å². The zero-order valence-corrected chi connectivity index (χ0v) is 16.8. The summed E-state index contributed by atoms with van der Waals surface area (Å²) >= 11 is 0. The molecule has 1 N–H and O–H groups in total. The molecule has 0 aliphatic carbocycles. The highest BCUT2D eigenvalue weighted by Crippen LogP contribution is 2.32. The van der Waals surface area contributed by atoms with Crippen molar-refractivity contribution < 1.29 is 17.9 Å². The molecular weight excluding hydrogens is 398 g/mol. The van der Waals surface area contributed by atoms with Crippen molar-refractivity contribution in [3.8, 4) is 11.5 Å². The predicted molar refractivity (Wildman–Crippen MR) is 119 cm³/mol. The summed E-state index contributed by atoms with van der Waals surface area (Å²) in [6, 6.07) is 26.7. The molecule has 4 rings (SSSR count). The average Bonchev–Trinajstić information content (AvgIpc) is 2.75. The summed E-state index contributed by atoms with van der Waals surface area (Å²) in [6.45, 7) is 0. The van der Waals surface area contributed by atoms with Gasteiger partial charge in [-0.15, -0.1) is 0 Å². The Kier molecular flexibility index (Phi) is 5.50. The van der Waals surface area contributed by atoms with Gasteiger partial charge in [0.2, 0.25) is 10.0 Å². The molecule has 0 aromatic heterocycles. The highest BCUT2D eigenvalue weighted by Gasteiger charge is 2.12. The Bertz CT molecular complexity index is 1280. The number of benzene rings is 4. The van der Waals surface area contributed by atoms with Crippen LogP contribution in [0.4, 0.5) is 5.69 Å². The first-order valence-corrected chi connectivity index (χ1v) is 11.0. The van der Waals surface area contributed by atoms with Gasteiger partial charge in [-0.05, 0) is 47.3 Å². The molecule has 0 radical (unpaired) electrons. The second-order valence-corrected chi connectivity index (χ2v) is 8.51. The second-order valence-electron chi connectivity index (χ2n) is 6.79. The van der Waals surface area contributed by atoms with Gasteiger partial charge in [-0.25, -0.2) is 8.42 Å². The van der Waals surface area contributed by atoms with Crippen LogP contribution in [0.25, 0.3) is 10.8 Å². The number of aldehydes is 1. The first kappa shape index (κ1) is 19.7. The third-order valence-electron chi connectivity index (χ3n) is 4.60. The topological polar surface area (TPSA) is 72.5 Å². The molecule has 0 spiro atoms. The van der Waals surface area contributed by atoms with Crippen molar-refractivity contribution in [2.75, 3.05) is 4.72 Å². The van der Waals surface area contributed by atoms with E-state index in [0.717, 1.165) is 22.6 Å². The predicted octanol–water partition coefficient (Wildman–Crippen LogP) is 5.39. The smallest absolute Gasteiger partial charge is 0.236 e. The third-order valence-corrected chi connectivity index (χ3v) is 5.86. The second kappa shape index (κ2) is 8.39. The van der Waals surface area contributed by atoms with Crippen LogP contribution < -0.4 is 9.46 Å². The van der Waals surface area contributed by atoms with Gasteiger partial charge in [0, 0.05) is 16.6 Å². The largest absolute Gasteiger partial charge is 0.457 e. The number of hydrogen-bond donors (Lipinski definition) is 1. The Balaban J connectivity index is 1.51. The maximum absolute atomic E-state index is 12.4. The molecule has 0 heterocycles. The molecule has 0 unspecified atom stereocenters.